The Kier molecular flexibility index (Phi) is 7.66. The Labute approximate surface area is 198 Å². The van der Waals surface area contributed by atoms with Crippen molar-refractivity contribution in [3.63, 3.8) is 0 Å². The van der Waals surface area contributed by atoms with Crippen LogP contribution in [0, 0.1) is 5.92 Å². The molecule has 0 spiro atoms. The van der Waals surface area contributed by atoms with E-state index in [0.29, 0.717) is 18.1 Å². The van der Waals surface area contributed by atoms with E-state index in [0.717, 1.165) is 11.1 Å². The zero-order chi connectivity index (χ0) is 25.8. The number of nitrogens with two attached hydrogens (primary N) is 1. The fourth-order valence-electron chi connectivity index (χ4n) is 3.92. The smallest absolute Gasteiger partial charge is 0.404 e. The number of pyridine rings is 1. The molecule has 0 saturated carbocycles. The average molecular weight is 497 g/mol. The lowest BCUT2D eigenvalue weighted by molar-refractivity contribution is -0.147. The summed E-state index contributed by atoms with van der Waals surface area (Å²) in [6, 6.07) is 4.19. The molecule has 3 heterocycles. The second-order valence-corrected chi connectivity index (χ2v) is 8.08. The molecular weight excluding hydrogens is 473 g/mol. The third-order valence-electron chi connectivity index (χ3n) is 5.57. The fraction of sp³-hybridized carbons (Fsp3) is 0.409. The van der Waals surface area contributed by atoms with Gasteiger partial charge in [-0.2, -0.15) is 13.2 Å². The minimum atomic E-state index is -4.59. The molecule has 1 saturated heterocycles. The fourth-order valence-corrected chi connectivity index (χ4v) is 3.92. The monoisotopic (exact) mass is 497 g/mol. The van der Waals surface area contributed by atoms with E-state index >= 15 is 0 Å². The summed E-state index contributed by atoms with van der Waals surface area (Å²) in [5.74, 6) is -4.72. The van der Waals surface area contributed by atoms with Gasteiger partial charge in [-0.25, -0.2) is 18.7 Å². The molecule has 1 unspecified atom stereocenters. The summed E-state index contributed by atoms with van der Waals surface area (Å²) in [5.41, 5.74) is 5.07. The van der Waals surface area contributed by atoms with Gasteiger partial charge in [0, 0.05) is 44.8 Å². The number of piperidine rings is 1. The molecule has 188 valence electrons. The number of rotatable bonds is 6. The normalized spacial score (nSPS) is 21.1. The Balaban J connectivity index is 1.85. The van der Waals surface area contributed by atoms with Gasteiger partial charge in [0.15, 0.2) is 0 Å². The molecule has 0 bridgehead atoms. The number of aliphatic imine (C=N–C) groups is 1. The summed E-state index contributed by atoms with van der Waals surface area (Å²) in [5, 5.41) is 2.75. The van der Waals surface area contributed by atoms with Crippen LogP contribution in [-0.2, 0) is 11.0 Å². The van der Waals surface area contributed by atoms with Gasteiger partial charge in [-0.3, -0.25) is 14.8 Å². The zero-order valence-corrected chi connectivity index (χ0v) is 18.9. The van der Waals surface area contributed by atoms with Gasteiger partial charge in [0.05, 0.1) is 35.1 Å². The Hall–Kier alpha value is -3.64. The van der Waals surface area contributed by atoms with E-state index < -0.39 is 48.5 Å². The van der Waals surface area contributed by atoms with Gasteiger partial charge in [-0.1, -0.05) is 13.0 Å². The third-order valence-corrected chi connectivity index (χ3v) is 5.57. The highest BCUT2D eigenvalue weighted by Gasteiger charge is 2.46. The molecule has 0 radical (unpaired) electrons. The molecule has 1 fully saturated rings. The molecular formula is C22H24F5N7O. The minimum absolute atomic E-state index is 0.0750. The molecule has 3 N–H and O–H groups in total. The van der Waals surface area contributed by atoms with Crippen LogP contribution in [0.4, 0.5) is 27.9 Å². The van der Waals surface area contributed by atoms with Gasteiger partial charge in [-0.15, -0.1) is 0 Å². The van der Waals surface area contributed by atoms with Crippen molar-refractivity contribution in [2.75, 3.05) is 25.5 Å². The van der Waals surface area contributed by atoms with Crippen LogP contribution >= 0.6 is 0 Å². The number of hydrogen-bond acceptors (Lipinski definition) is 7. The van der Waals surface area contributed by atoms with Gasteiger partial charge >= 0.3 is 6.18 Å². The highest BCUT2D eigenvalue weighted by Crippen LogP contribution is 2.35. The molecule has 1 amide bonds. The summed E-state index contributed by atoms with van der Waals surface area (Å²) in [6.07, 6.45) is -1.35. The van der Waals surface area contributed by atoms with Crippen molar-refractivity contribution < 1.29 is 26.7 Å². The Morgan fingerprint density at radius 3 is 2.51 bits per heavy atom. The molecule has 1 aliphatic heterocycles. The molecule has 1 aliphatic rings. The Morgan fingerprint density at radius 2 is 1.97 bits per heavy atom. The number of anilines is 1. The van der Waals surface area contributed by atoms with Crippen molar-refractivity contribution >= 4 is 17.6 Å². The molecule has 2 aromatic rings. The number of carbonyl (C=O) groups excluding carboxylic acids is 1. The van der Waals surface area contributed by atoms with Crippen LogP contribution in [-0.4, -0.2) is 63.6 Å². The van der Waals surface area contributed by atoms with Crippen molar-refractivity contribution in [3.05, 3.63) is 59.8 Å². The van der Waals surface area contributed by atoms with E-state index in [4.69, 9.17) is 5.73 Å². The van der Waals surface area contributed by atoms with Gasteiger partial charge in [0.2, 0.25) is 5.95 Å². The highest BCUT2D eigenvalue weighted by atomic mass is 19.4. The van der Waals surface area contributed by atoms with Crippen LogP contribution in [0.2, 0.25) is 0 Å². The average Bonchev–Trinajstić information content (AvgIpc) is 2.81. The van der Waals surface area contributed by atoms with E-state index in [1.54, 1.807) is 25.1 Å². The van der Waals surface area contributed by atoms with E-state index in [1.807, 2.05) is 0 Å². The first-order valence-electron chi connectivity index (χ1n) is 10.6. The number of hydrogen-bond donors (Lipinski definition) is 2. The van der Waals surface area contributed by atoms with Crippen molar-refractivity contribution in [2.45, 2.75) is 31.5 Å². The summed E-state index contributed by atoms with van der Waals surface area (Å²) in [7, 11) is 1.43. The number of aromatic nitrogens is 3. The maximum Gasteiger partial charge on any atom is 0.419 e. The zero-order valence-electron chi connectivity index (χ0n) is 18.9. The SMILES string of the molecule is CN=C(C(=CN)C(=O)N1CC(F)(F)CC(C)[C@H]1CNc1ncc(C(F)(F)F)cn1)c1ccccn1. The van der Waals surface area contributed by atoms with E-state index in [9.17, 15) is 26.7 Å². The topological polar surface area (TPSA) is 109 Å². The van der Waals surface area contributed by atoms with Crippen LogP contribution in [0.5, 0.6) is 0 Å². The number of amides is 1. The molecule has 2 aromatic heterocycles. The van der Waals surface area contributed by atoms with E-state index in [2.05, 4.69) is 25.3 Å². The lowest BCUT2D eigenvalue weighted by Gasteiger charge is -2.43. The van der Waals surface area contributed by atoms with Gasteiger partial charge in [-0.05, 0) is 18.1 Å². The van der Waals surface area contributed by atoms with E-state index in [1.165, 1.54) is 13.2 Å². The number of likely N-dealkylation sites (tertiary alicyclic amines) is 1. The first kappa shape index (κ1) is 26.0. The Bertz CT molecular complexity index is 1090. The van der Waals surface area contributed by atoms with Crippen molar-refractivity contribution in [2.24, 2.45) is 16.6 Å². The molecule has 8 nitrogen and oxygen atoms in total. The second kappa shape index (κ2) is 10.3. The number of nitrogens with zero attached hydrogens (tertiary/aromatic N) is 5. The van der Waals surface area contributed by atoms with Crippen molar-refractivity contribution in [1.29, 1.82) is 0 Å². The molecule has 2 atom stereocenters. The second-order valence-electron chi connectivity index (χ2n) is 8.08. The predicted molar refractivity (Wildman–Crippen MR) is 119 cm³/mol. The van der Waals surface area contributed by atoms with Crippen molar-refractivity contribution in [3.8, 4) is 0 Å². The maximum atomic E-state index is 14.5. The van der Waals surface area contributed by atoms with Crippen LogP contribution < -0.4 is 11.1 Å². The predicted octanol–water partition coefficient (Wildman–Crippen LogP) is 3.14. The number of alkyl halides is 5. The number of halogens is 5. The number of carbonyl (C=O) groups is 1. The standard InChI is InChI=1S/C22H24F5N7O/c1-13-7-21(23,24)12-34(17(13)11-33-20-31-9-14(10-32-20)22(25,26)27)19(35)15(8-28)18(29-2)16-5-3-4-6-30-16/h3-6,8-10,13,17H,7,11-12,28H2,1-2H3,(H,31,32,33)/t13?,17-/m1/s1. The minimum Gasteiger partial charge on any atom is -0.404 e. The number of nitrogens with one attached hydrogen (secondary N) is 1. The summed E-state index contributed by atoms with van der Waals surface area (Å²) < 4.78 is 67.2. The van der Waals surface area contributed by atoms with Crippen LogP contribution in [0.25, 0.3) is 0 Å². The molecule has 13 heteroatoms. The summed E-state index contributed by atoms with van der Waals surface area (Å²) in [6.45, 7) is 0.619. The quantitative estimate of drug-likeness (QED) is 0.361. The first-order chi connectivity index (χ1) is 16.5. The third kappa shape index (κ3) is 6.08. The van der Waals surface area contributed by atoms with Crippen LogP contribution in [0.15, 0.2) is 53.6 Å². The summed E-state index contributed by atoms with van der Waals surface area (Å²) >= 11 is 0. The molecule has 0 aromatic carbocycles. The largest absolute Gasteiger partial charge is 0.419 e. The Morgan fingerprint density at radius 1 is 1.29 bits per heavy atom. The maximum absolute atomic E-state index is 14.5. The molecule has 35 heavy (non-hydrogen) atoms. The lowest BCUT2D eigenvalue weighted by Crippen LogP contribution is -2.58. The van der Waals surface area contributed by atoms with Gasteiger partial charge in [0.25, 0.3) is 11.8 Å². The van der Waals surface area contributed by atoms with E-state index in [-0.39, 0.29) is 23.8 Å². The van der Waals surface area contributed by atoms with Crippen LogP contribution in [0.3, 0.4) is 0 Å². The molecule has 0 aliphatic carbocycles. The van der Waals surface area contributed by atoms with Crippen molar-refractivity contribution in [1.82, 2.24) is 19.9 Å². The summed E-state index contributed by atoms with van der Waals surface area (Å²) in [4.78, 5) is 30.0. The van der Waals surface area contributed by atoms with Gasteiger partial charge in [0.1, 0.15) is 0 Å². The van der Waals surface area contributed by atoms with Crippen LogP contribution in [0.1, 0.15) is 24.6 Å². The lowest BCUT2D eigenvalue weighted by atomic mass is 9.87. The highest BCUT2D eigenvalue weighted by molar-refractivity contribution is 6.27. The molecule has 3 rings (SSSR count). The first-order valence-corrected chi connectivity index (χ1v) is 10.6. The van der Waals surface area contributed by atoms with Gasteiger partial charge < -0.3 is 16.0 Å².